The zero-order valence-corrected chi connectivity index (χ0v) is 17.9. The topological polar surface area (TPSA) is 80.6 Å². The number of esters is 1. The number of likely N-dealkylation sites (tertiary alicyclic amines) is 1. The summed E-state index contributed by atoms with van der Waals surface area (Å²) in [6, 6.07) is 10.6. The molecule has 1 aromatic heterocycles. The lowest BCUT2D eigenvalue weighted by molar-refractivity contribution is -0.117. The van der Waals surface area contributed by atoms with Gasteiger partial charge in [0.05, 0.1) is 12.2 Å². The average molecular weight is 424 g/mol. The third-order valence-electron chi connectivity index (χ3n) is 6.05. The Bertz CT molecular complexity index is 963. The number of aryl methyl sites for hydroxylation is 1. The first-order valence-corrected chi connectivity index (χ1v) is 11.0. The Balaban J connectivity index is 1.31. The Morgan fingerprint density at radius 1 is 1.10 bits per heavy atom. The molecule has 164 valence electrons. The van der Waals surface area contributed by atoms with Crippen molar-refractivity contribution in [2.45, 2.75) is 44.6 Å². The van der Waals surface area contributed by atoms with Crippen molar-refractivity contribution in [1.82, 2.24) is 9.47 Å². The predicted octanol–water partition coefficient (Wildman–Crippen LogP) is 3.62. The first kappa shape index (κ1) is 21.2. The summed E-state index contributed by atoms with van der Waals surface area (Å²) in [7, 11) is 1.87. The van der Waals surface area contributed by atoms with Gasteiger partial charge in [-0.3, -0.25) is 9.59 Å². The molecule has 1 saturated carbocycles. The lowest BCUT2D eigenvalue weighted by atomic mass is 9.99. The molecule has 4 rings (SSSR count). The molecule has 2 heterocycles. The summed E-state index contributed by atoms with van der Waals surface area (Å²) >= 11 is 0. The lowest BCUT2D eigenvalue weighted by Gasteiger charge is -2.35. The second-order valence-corrected chi connectivity index (χ2v) is 8.42. The fraction of sp³-hybridized carbons (Fsp3) is 0.458. The van der Waals surface area contributed by atoms with Gasteiger partial charge in [-0.05, 0) is 62.4 Å². The molecule has 31 heavy (non-hydrogen) atoms. The lowest BCUT2D eigenvalue weighted by Crippen LogP contribution is -2.44. The van der Waals surface area contributed by atoms with Crippen molar-refractivity contribution in [1.29, 1.82) is 0 Å². The van der Waals surface area contributed by atoms with Gasteiger partial charge in [-0.25, -0.2) is 4.79 Å². The van der Waals surface area contributed by atoms with Gasteiger partial charge in [-0.1, -0.05) is 6.07 Å². The van der Waals surface area contributed by atoms with Crippen LogP contribution in [-0.4, -0.2) is 46.4 Å². The molecule has 2 aliphatic rings. The van der Waals surface area contributed by atoms with Crippen molar-refractivity contribution in [2.75, 3.05) is 18.5 Å². The zero-order valence-electron chi connectivity index (χ0n) is 17.9. The van der Waals surface area contributed by atoms with Crippen molar-refractivity contribution < 1.29 is 19.1 Å². The number of ether oxygens (including phenoxy) is 1. The highest BCUT2D eigenvalue weighted by Gasteiger charge is 2.30. The average Bonchev–Trinajstić information content (AvgIpc) is 3.55. The summed E-state index contributed by atoms with van der Waals surface area (Å²) in [5.74, 6) is -0.278. The number of hydrogen-bond acceptors (Lipinski definition) is 4. The molecule has 7 nitrogen and oxygen atoms in total. The highest BCUT2D eigenvalue weighted by molar-refractivity contribution is 5.96. The second-order valence-electron chi connectivity index (χ2n) is 8.42. The summed E-state index contributed by atoms with van der Waals surface area (Å²) < 4.78 is 7.33. The number of piperidine rings is 1. The Morgan fingerprint density at radius 2 is 1.94 bits per heavy atom. The number of carbonyl (C=O) groups excluding carboxylic acids is 3. The van der Waals surface area contributed by atoms with Crippen LogP contribution in [0.5, 0.6) is 0 Å². The van der Waals surface area contributed by atoms with Gasteiger partial charge in [-0.2, -0.15) is 0 Å². The molecule has 7 heteroatoms. The van der Waals surface area contributed by atoms with Gasteiger partial charge < -0.3 is 19.5 Å². The van der Waals surface area contributed by atoms with Crippen molar-refractivity contribution in [3.8, 4) is 0 Å². The van der Waals surface area contributed by atoms with E-state index < -0.39 is 5.97 Å². The van der Waals surface area contributed by atoms with E-state index in [1.165, 1.54) is 0 Å². The summed E-state index contributed by atoms with van der Waals surface area (Å²) in [6.45, 7) is 0.977. The maximum absolute atomic E-state index is 13.0. The van der Waals surface area contributed by atoms with Crippen molar-refractivity contribution in [3.05, 3.63) is 53.9 Å². The summed E-state index contributed by atoms with van der Waals surface area (Å²) in [4.78, 5) is 39.3. The number of nitrogens with zero attached hydrogens (tertiary/aromatic N) is 2. The van der Waals surface area contributed by atoms with Crippen LogP contribution in [0.3, 0.4) is 0 Å². The van der Waals surface area contributed by atoms with Crippen LogP contribution in [0, 0.1) is 5.92 Å². The number of anilines is 1. The molecule has 1 aliphatic heterocycles. The van der Waals surface area contributed by atoms with Crippen LogP contribution in [0.2, 0.25) is 0 Å². The van der Waals surface area contributed by atoms with Crippen LogP contribution < -0.4 is 5.32 Å². The van der Waals surface area contributed by atoms with Gasteiger partial charge in [0, 0.05) is 43.9 Å². The van der Waals surface area contributed by atoms with Crippen molar-refractivity contribution in [2.24, 2.45) is 13.0 Å². The van der Waals surface area contributed by atoms with E-state index >= 15 is 0 Å². The molecule has 2 aromatic rings. The fourth-order valence-electron chi connectivity index (χ4n) is 4.08. The monoisotopic (exact) mass is 423 g/mol. The number of carbonyl (C=O) groups is 3. The fourth-order valence-corrected chi connectivity index (χ4v) is 4.08. The number of amides is 2. The van der Waals surface area contributed by atoms with Gasteiger partial charge in [0.1, 0.15) is 5.69 Å². The molecular formula is C24H29N3O4. The molecule has 1 aliphatic carbocycles. The van der Waals surface area contributed by atoms with Gasteiger partial charge in [0.15, 0.2) is 0 Å². The summed E-state index contributed by atoms with van der Waals surface area (Å²) in [6.07, 6.45) is 7.31. The first-order valence-electron chi connectivity index (χ1n) is 11.0. The molecule has 1 atom stereocenters. The smallest absolute Gasteiger partial charge is 0.338 e. The zero-order chi connectivity index (χ0) is 21.8. The molecule has 1 unspecified atom stereocenters. The van der Waals surface area contributed by atoms with Gasteiger partial charge in [0.25, 0.3) is 5.91 Å². The molecule has 1 N–H and O–H groups in total. The number of nitrogens with one attached hydrogen (secondary N) is 1. The van der Waals surface area contributed by atoms with Crippen molar-refractivity contribution in [3.63, 3.8) is 0 Å². The molecule has 1 aromatic carbocycles. The maximum atomic E-state index is 13.0. The van der Waals surface area contributed by atoms with E-state index in [0.29, 0.717) is 23.4 Å². The third-order valence-corrected chi connectivity index (χ3v) is 6.05. The SMILES string of the molecule is Cn1cccc1C(=O)N1CCCCC1CCOC(=O)c1cccc(NC(=O)C2CC2)c1. The second kappa shape index (κ2) is 9.37. The number of benzene rings is 1. The van der Waals surface area contributed by atoms with E-state index in [1.54, 1.807) is 24.3 Å². The van der Waals surface area contributed by atoms with E-state index in [-0.39, 0.29) is 30.4 Å². The molecular weight excluding hydrogens is 394 g/mol. The van der Waals surface area contributed by atoms with E-state index in [2.05, 4.69) is 5.32 Å². The van der Waals surface area contributed by atoms with Crippen LogP contribution >= 0.6 is 0 Å². The highest BCUT2D eigenvalue weighted by atomic mass is 16.5. The highest BCUT2D eigenvalue weighted by Crippen LogP contribution is 2.30. The number of aromatic nitrogens is 1. The number of rotatable bonds is 7. The summed E-state index contributed by atoms with van der Waals surface area (Å²) in [5.41, 5.74) is 1.70. The Morgan fingerprint density at radius 3 is 2.68 bits per heavy atom. The van der Waals surface area contributed by atoms with Crippen LogP contribution in [0.1, 0.15) is 59.4 Å². The van der Waals surface area contributed by atoms with Gasteiger partial charge in [0.2, 0.25) is 5.91 Å². The minimum absolute atomic E-state index is 0.00537. The van der Waals surface area contributed by atoms with E-state index in [1.807, 2.05) is 34.8 Å². The largest absolute Gasteiger partial charge is 0.462 e. The van der Waals surface area contributed by atoms with Gasteiger partial charge in [-0.15, -0.1) is 0 Å². The van der Waals surface area contributed by atoms with Crippen LogP contribution in [0.25, 0.3) is 0 Å². The molecule has 2 amide bonds. The third kappa shape index (κ3) is 5.16. The van der Waals surface area contributed by atoms with Crippen molar-refractivity contribution >= 4 is 23.5 Å². The molecule has 1 saturated heterocycles. The molecule has 0 spiro atoms. The van der Waals surface area contributed by atoms with Gasteiger partial charge >= 0.3 is 5.97 Å². The minimum Gasteiger partial charge on any atom is -0.462 e. The Kier molecular flexibility index (Phi) is 6.39. The van der Waals surface area contributed by atoms with Crippen LogP contribution in [-0.2, 0) is 16.6 Å². The Hall–Kier alpha value is -3.09. The summed E-state index contributed by atoms with van der Waals surface area (Å²) in [5, 5.41) is 2.85. The normalized spacial score (nSPS) is 18.5. The van der Waals surface area contributed by atoms with E-state index in [9.17, 15) is 14.4 Å². The standard InChI is InChI=1S/C24H29N3O4/c1-26-13-5-9-21(26)23(29)27-14-3-2-8-20(27)12-15-31-24(30)18-6-4-7-19(16-18)25-22(28)17-10-11-17/h4-7,9,13,16-17,20H,2-3,8,10-12,14-15H2,1H3,(H,25,28). The molecule has 2 fully saturated rings. The number of hydrogen-bond donors (Lipinski definition) is 1. The maximum Gasteiger partial charge on any atom is 0.338 e. The van der Waals surface area contributed by atoms with Crippen LogP contribution in [0.4, 0.5) is 5.69 Å². The first-order chi connectivity index (χ1) is 15.0. The van der Waals surface area contributed by atoms with E-state index in [0.717, 1.165) is 38.6 Å². The van der Waals surface area contributed by atoms with E-state index in [4.69, 9.17) is 4.74 Å². The molecule has 0 radical (unpaired) electrons. The quantitative estimate of drug-likeness (QED) is 0.690. The Labute approximate surface area is 182 Å². The molecule has 0 bridgehead atoms. The minimum atomic E-state index is -0.418. The predicted molar refractivity (Wildman–Crippen MR) is 117 cm³/mol. The van der Waals surface area contributed by atoms with Crippen LogP contribution in [0.15, 0.2) is 42.6 Å².